The molecule has 14 heavy (non-hydrogen) atoms. The van der Waals surface area contributed by atoms with Crippen molar-refractivity contribution in [1.29, 1.82) is 0 Å². The molecule has 0 aromatic carbocycles. The van der Waals surface area contributed by atoms with Gasteiger partial charge in [-0.25, -0.2) is 0 Å². The predicted molar refractivity (Wildman–Crippen MR) is 66.4 cm³/mol. The average Bonchev–Trinajstić information content (AvgIpc) is 2.13. The van der Waals surface area contributed by atoms with Crippen LogP contribution in [-0.4, -0.2) is 0 Å². The first-order valence-corrected chi connectivity index (χ1v) is 5.87. The summed E-state index contributed by atoms with van der Waals surface area (Å²) < 4.78 is 0. The summed E-state index contributed by atoms with van der Waals surface area (Å²) in [5.74, 6) is 1.58. The molecule has 0 nitrogen and oxygen atoms in total. The topological polar surface area (TPSA) is 0 Å². The van der Waals surface area contributed by atoms with Gasteiger partial charge in [-0.05, 0) is 32.1 Å². The molecule has 0 heterocycles. The molecule has 0 heteroatoms. The van der Waals surface area contributed by atoms with E-state index in [9.17, 15) is 0 Å². The van der Waals surface area contributed by atoms with Gasteiger partial charge in [-0.15, -0.1) is 0 Å². The molecule has 0 aliphatic carbocycles. The maximum Gasteiger partial charge on any atom is -0.0259 e. The Morgan fingerprint density at radius 3 is 2.29 bits per heavy atom. The van der Waals surface area contributed by atoms with Gasteiger partial charge in [0.2, 0.25) is 0 Å². The molecule has 0 N–H and O–H groups in total. The summed E-state index contributed by atoms with van der Waals surface area (Å²) in [6.07, 6.45) is 10.8. The second kappa shape index (κ2) is 7.84. The molecule has 1 unspecified atom stereocenters. The highest BCUT2D eigenvalue weighted by Crippen LogP contribution is 2.13. The number of allylic oxidation sites excluding steroid dienone is 4. The summed E-state index contributed by atoms with van der Waals surface area (Å²) in [4.78, 5) is 0. The van der Waals surface area contributed by atoms with Crippen LogP contribution in [-0.2, 0) is 0 Å². The molecule has 82 valence electrons. The minimum atomic E-state index is 0.726. The van der Waals surface area contributed by atoms with Gasteiger partial charge in [0.25, 0.3) is 0 Å². The Morgan fingerprint density at radius 1 is 1.14 bits per heavy atom. The quantitative estimate of drug-likeness (QED) is 0.524. The van der Waals surface area contributed by atoms with Crippen molar-refractivity contribution in [3.63, 3.8) is 0 Å². The summed E-state index contributed by atoms with van der Waals surface area (Å²) in [5.41, 5.74) is 1.36. The lowest BCUT2D eigenvalue weighted by Gasteiger charge is -2.07. The minimum absolute atomic E-state index is 0.726. The van der Waals surface area contributed by atoms with Crippen LogP contribution in [0.1, 0.15) is 53.9 Å². The van der Waals surface area contributed by atoms with Crippen molar-refractivity contribution < 1.29 is 0 Å². The molecule has 0 aromatic heterocycles. The van der Waals surface area contributed by atoms with Crippen molar-refractivity contribution in [2.75, 3.05) is 0 Å². The fraction of sp³-hybridized carbons (Fsp3) is 0.714. The van der Waals surface area contributed by atoms with Crippen molar-refractivity contribution in [1.82, 2.24) is 0 Å². The smallest absolute Gasteiger partial charge is 0.0259 e. The maximum absolute atomic E-state index is 2.33. The predicted octanol–water partition coefficient (Wildman–Crippen LogP) is 4.97. The van der Waals surface area contributed by atoms with Crippen LogP contribution >= 0.6 is 0 Å². The van der Waals surface area contributed by atoms with Crippen molar-refractivity contribution in [3.05, 3.63) is 23.8 Å². The fourth-order valence-corrected chi connectivity index (χ4v) is 1.36. The molecule has 0 radical (unpaired) electrons. The highest BCUT2D eigenvalue weighted by atomic mass is 14.0. The molecule has 0 bridgehead atoms. The first-order valence-electron chi connectivity index (χ1n) is 5.87. The van der Waals surface area contributed by atoms with Crippen molar-refractivity contribution >= 4 is 0 Å². The van der Waals surface area contributed by atoms with E-state index in [1.165, 1.54) is 24.8 Å². The van der Waals surface area contributed by atoms with Crippen LogP contribution < -0.4 is 0 Å². The van der Waals surface area contributed by atoms with Gasteiger partial charge < -0.3 is 0 Å². The number of hydrogen-bond acceptors (Lipinski definition) is 0. The zero-order chi connectivity index (χ0) is 11.0. The Morgan fingerprint density at radius 2 is 1.79 bits per heavy atom. The number of rotatable bonds is 6. The van der Waals surface area contributed by atoms with E-state index in [0.29, 0.717) is 0 Å². The van der Waals surface area contributed by atoms with Gasteiger partial charge >= 0.3 is 0 Å². The fourth-order valence-electron chi connectivity index (χ4n) is 1.36. The molecule has 0 aliphatic rings. The molecular formula is C14H26. The summed E-state index contributed by atoms with van der Waals surface area (Å²) in [7, 11) is 0. The highest BCUT2D eigenvalue weighted by Gasteiger charge is 1.98. The normalized spacial score (nSPS) is 15.4. The Hall–Kier alpha value is -0.520. The van der Waals surface area contributed by atoms with Crippen molar-refractivity contribution in [2.45, 2.75) is 53.9 Å². The molecule has 0 saturated heterocycles. The van der Waals surface area contributed by atoms with Crippen molar-refractivity contribution in [3.8, 4) is 0 Å². The summed E-state index contributed by atoms with van der Waals surface area (Å²) in [6, 6.07) is 0. The van der Waals surface area contributed by atoms with E-state index in [1.54, 1.807) is 0 Å². The third kappa shape index (κ3) is 8.10. The Kier molecular flexibility index (Phi) is 7.55. The third-order valence-electron chi connectivity index (χ3n) is 2.58. The lowest BCUT2D eigenvalue weighted by molar-refractivity contribution is 0.501. The molecule has 1 atom stereocenters. The van der Waals surface area contributed by atoms with Crippen LogP contribution in [0.25, 0.3) is 0 Å². The van der Waals surface area contributed by atoms with Crippen LogP contribution in [0.4, 0.5) is 0 Å². The SMILES string of the molecule is CC=C(C)C=CC(C)CCCC(C)C. The van der Waals surface area contributed by atoms with Gasteiger partial charge in [0, 0.05) is 0 Å². The maximum atomic E-state index is 2.33. The van der Waals surface area contributed by atoms with E-state index in [-0.39, 0.29) is 0 Å². The van der Waals surface area contributed by atoms with E-state index in [4.69, 9.17) is 0 Å². The number of hydrogen-bond donors (Lipinski definition) is 0. The van der Waals surface area contributed by atoms with Gasteiger partial charge in [-0.2, -0.15) is 0 Å². The van der Waals surface area contributed by atoms with Gasteiger partial charge in [0.05, 0.1) is 0 Å². The third-order valence-corrected chi connectivity index (χ3v) is 2.58. The molecule has 0 spiro atoms. The second-order valence-electron chi connectivity index (χ2n) is 4.69. The van der Waals surface area contributed by atoms with Crippen LogP contribution in [0.5, 0.6) is 0 Å². The lowest BCUT2D eigenvalue weighted by atomic mass is 9.99. The van der Waals surface area contributed by atoms with Crippen LogP contribution in [0, 0.1) is 11.8 Å². The average molecular weight is 194 g/mol. The van der Waals surface area contributed by atoms with E-state index in [2.05, 4.69) is 52.8 Å². The van der Waals surface area contributed by atoms with E-state index >= 15 is 0 Å². The summed E-state index contributed by atoms with van der Waals surface area (Å²) in [6.45, 7) is 11.1. The van der Waals surface area contributed by atoms with E-state index < -0.39 is 0 Å². The van der Waals surface area contributed by atoms with Gasteiger partial charge in [0.1, 0.15) is 0 Å². The van der Waals surface area contributed by atoms with E-state index in [1.807, 2.05) is 0 Å². The first-order chi connectivity index (χ1) is 6.56. The lowest BCUT2D eigenvalue weighted by Crippen LogP contribution is -1.93. The monoisotopic (exact) mass is 194 g/mol. The molecule has 0 rings (SSSR count). The van der Waals surface area contributed by atoms with Gasteiger partial charge in [0.15, 0.2) is 0 Å². The van der Waals surface area contributed by atoms with Gasteiger partial charge in [-0.1, -0.05) is 57.4 Å². The molecule has 0 amide bonds. The zero-order valence-corrected chi connectivity index (χ0v) is 10.5. The molecule has 0 saturated carbocycles. The minimum Gasteiger partial charge on any atom is -0.0847 e. The van der Waals surface area contributed by atoms with Crippen LogP contribution in [0.3, 0.4) is 0 Å². The molecular weight excluding hydrogens is 168 g/mol. The van der Waals surface area contributed by atoms with Crippen molar-refractivity contribution in [2.24, 2.45) is 11.8 Å². The molecule has 0 fully saturated rings. The summed E-state index contributed by atoms with van der Waals surface area (Å²) >= 11 is 0. The first kappa shape index (κ1) is 13.5. The highest BCUT2D eigenvalue weighted by molar-refractivity contribution is 5.15. The molecule has 0 aromatic rings. The standard InChI is InChI=1S/C14H26/c1-6-13(4)10-11-14(5)9-7-8-12(2)3/h6,10-12,14H,7-9H2,1-5H3. The van der Waals surface area contributed by atoms with Crippen LogP contribution in [0.2, 0.25) is 0 Å². The van der Waals surface area contributed by atoms with Gasteiger partial charge in [-0.3, -0.25) is 0 Å². The Balaban J connectivity index is 3.65. The zero-order valence-electron chi connectivity index (χ0n) is 10.5. The van der Waals surface area contributed by atoms with Crippen LogP contribution in [0.15, 0.2) is 23.8 Å². The summed E-state index contributed by atoms with van der Waals surface area (Å²) in [5, 5.41) is 0. The Labute approximate surface area is 90.1 Å². The Bertz CT molecular complexity index is 184. The van der Waals surface area contributed by atoms with E-state index in [0.717, 1.165) is 11.8 Å². The largest absolute Gasteiger partial charge is 0.0847 e. The molecule has 0 aliphatic heterocycles. The second-order valence-corrected chi connectivity index (χ2v) is 4.69.